The van der Waals surface area contributed by atoms with Gasteiger partial charge >= 0.3 is 0 Å². The monoisotopic (exact) mass is 306 g/mol. The van der Waals surface area contributed by atoms with Crippen molar-refractivity contribution in [1.29, 1.82) is 0 Å². The van der Waals surface area contributed by atoms with Crippen LogP contribution < -0.4 is 10.6 Å². The Morgan fingerprint density at radius 2 is 2.22 bits per heavy atom. The van der Waals surface area contributed by atoms with E-state index in [9.17, 15) is 8.42 Å². The van der Waals surface area contributed by atoms with Crippen LogP contribution in [-0.2, 0) is 9.84 Å². The summed E-state index contributed by atoms with van der Waals surface area (Å²) in [5.41, 5.74) is -0.497. The largest absolute Gasteiger partial charge is 0.356 e. The van der Waals surface area contributed by atoms with Crippen LogP contribution in [0.25, 0.3) is 0 Å². The molecule has 1 aromatic heterocycles. The minimum atomic E-state index is -2.94. The molecule has 0 aromatic carbocycles. The van der Waals surface area contributed by atoms with Crippen molar-refractivity contribution < 1.29 is 8.42 Å². The number of anilines is 1. The van der Waals surface area contributed by atoms with E-state index in [4.69, 9.17) is 12.2 Å². The van der Waals surface area contributed by atoms with E-state index in [2.05, 4.69) is 20.8 Å². The van der Waals surface area contributed by atoms with Gasteiger partial charge in [0.05, 0.1) is 17.0 Å². The highest BCUT2D eigenvalue weighted by Crippen LogP contribution is 2.23. The average Bonchev–Trinajstić information content (AvgIpc) is 2.70. The summed E-state index contributed by atoms with van der Waals surface area (Å²) in [5.74, 6) is 0.313. The van der Waals surface area contributed by atoms with Gasteiger partial charge in [-0.1, -0.05) is 11.3 Å². The van der Waals surface area contributed by atoms with Crippen molar-refractivity contribution in [1.82, 2.24) is 15.5 Å². The fourth-order valence-corrected chi connectivity index (χ4v) is 4.96. The molecule has 18 heavy (non-hydrogen) atoms. The third kappa shape index (κ3) is 3.36. The maximum atomic E-state index is 11.5. The summed E-state index contributed by atoms with van der Waals surface area (Å²) >= 11 is 6.54. The molecule has 2 heterocycles. The normalized spacial score (nSPS) is 25.9. The zero-order valence-electron chi connectivity index (χ0n) is 10.1. The molecule has 9 heteroatoms. The summed E-state index contributed by atoms with van der Waals surface area (Å²) in [7, 11) is -2.94. The van der Waals surface area contributed by atoms with Gasteiger partial charge in [-0.25, -0.2) is 8.42 Å². The SMILES string of the molecule is Cc1nnc(NC(=S)N[C@@]2(C)CCS(=O)(=O)C2)s1. The fraction of sp³-hybridized carbons (Fsp3) is 0.667. The second-order valence-corrected chi connectivity index (χ2v) is 8.38. The van der Waals surface area contributed by atoms with Crippen LogP contribution in [0.2, 0.25) is 0 Å². The van der Waals surface area contributed by atoms with E-state index >= 15 is 0 Å². The van der Waals surface area contributed by atoms with Crippen LogP contribution in [0.4, 0.5) is 5.13 Å². The first-order valence-electron chi connectivity index (χ1n) is 5.38. The van der Waals surface area contributed by atoms with Crippen molar-refractivity contribution in [2.45, 2.75) is 25.8 Å². The van der Waals surface area contributed by atoms with Crippen molar-refractivity contribution in [2.24, 2.45) is 0 Å². The second kappa shape index (κ2) is 4.71. The molecule has 0 radical (unpaired) electrons. The molecule has 0 aliphatic carbocycles. The predicted molar refractivity (Wildman–Crippen MR) is 75.7 cm³/mol. The minimum Gasteiger partial charge on any atom is -0.356 e. The van der Waals surface area contributed by atoms with Crippen LogP contribution in [0.3, 0.4) is 0 Å². The zero-order valence-corrected chi connectivity index (χ0v) is 12.5. The lowest BCUT2D eigenvalue weighted by atomic mass is 10.0. The van der Waals surface area contributed by atoms with Gasteiger partial charge in [0.1, 0.15) is 5.01 Å². The molecule has 2 N–H and O–H groups in total. The molecule has 1 saturated heterocycles. The summed E-state index contributed by atoms with van der Waals surface area (Å²) in [6.45, 7) is 3.71. The van der Waals surface area contributed by atoms with E-state index in [-0.39, 0.29) is 11.5 Å². The van der Waals surface area contributed by atoms with E-state index in [0.29, 0.717) is 16.7 Å². The Morgan fingerprint density at radius 3 is 2.72 bits per heavy atom. The number of hydrogen-bond acceptors (Lipinski definition) is 6. The van der Waals surface area contributed by atoms with E-state index in [1.54, 1.807) is 0 Å². The molecule has 2 rings (SSSR count). The number of aryl methyl sites for hydroxylation is 1. The lowest BCUT2D eigenvalue weighted by Gasteiger charge is -2.25. The average molecular weight is 306 g/mol. The Bertz CT molecular complexity index is 568. The van der Waals surface area contributed by atoms with Gasteiger partial charge in [0.15, 0.2) is 14.9 Å². The topological polar surface area (TPSA) is 84.0 Å². The molecule has 1 aromatic rings. The number of nitrogens with one attached hydrogen (secondary N) is 2. The smallest absolute Gasteiger partial charge is 0.211 e. The Balaban J connectivity index is 1.96. The van der Waals surface area contributed by atoms with Crippen LogP contribution >= 0.6 is 23.6 Å². The zero-order chi connectivity index (χ0) is 13.4. The molecule has 0 unspecified atom stereocenters. The van der Waals surface area contributed by atoms with E-state index in [0.717, 1.165) is 5.01 Å². The van der Waals surface area contributed by atoms with E-state index in [1.165, 1.54) is 11.3 Å². The van der Waals surface area contributed by atoms with Gasteiger partial charge in [-0.3, -0.25) is 0 Å². The lowest BCUT2D eigenvalue weighted by Crippen LogP contribution is -2.48. The number of hydrogen-bond donors (Lipinski definition) is 2. The van der Waals surface area contributed by atoms with Gasteiger partial charge in [-0.15, -0.1) is 10.2 Å². The standard InChI is InChI=1S/C9H14N4O2S3/c1-6-12-13-8(17-6)10-7(16)11-9(2)3-4-18(14,15)5-9/h3-5H2,1-2H3,(H2,10,11,13,16)/t9-/m0/s1. The Morgan fingerprint density at radius 1 is 1.50 bits per heavy atom. The first-order chi connectivity index (χ1) is 8.28. The molecule has 1 aliphatic rings. The molecule has 0 bridgehead atoms. The number of thiocarbonyl (C=S) groups is 1. The highest BCUT2D eigenvalue weighted by Gasteiger charge is 2.38. The second-order valence-electron chi connectivity index (χ2n) is 4.61. The third-order valence-electron chi connectivity index (χ3n) is 2.67. The van der Waals surface area contributed by atoms with E-state index < -0.39 is 15.4 Å². The molecule has 1 atom stereocenters. The lowest BCUT2D eigenvalue weighted by molar-refractivity contribution is 0.474. The first kappa shape index (κ1) is 13.6. The molecule has 0 spiro atoms. The predicted octanol–water partition coefficient (Wildman–Crippen LogP) is 0.710. The molecule has 0 saturated carbocycles. The molecule has 1 fully saturated rings. The third-order valence-corrected chi connectivity index (χ3v) is 5.53. The van der Waals surface area contributed by atoms with Gasteiger partial charge in [-0.05, 0) is 32.5 Å². The quantitative estimate of drug-likeness (QED) is 0.778. The highest BCUT2D eigenvalue weighted by molar-refractivity contribution is 7.91. The summed E-state index contributed by atoms with van der Waals surface area (Å²) in [6, 6.07) is 0. The van der Waals surface area contributed by atoms with E-state index in [1.807, 2.05) is 13.8 Å². The Labute approximate surface area is 115 Å². The van der Waals surface area contributed by atoms with Crippen molar-refractivity contribution in [2.75, 3.05) is 16.8 Å². The highest BCUT2D eigenvalue weighted by atomic mass is 32.2. The summed E-state index contributed by atoms with van der Waals surface area (Å²) < 4.78 is 22.9. The Hall–Kier alpha value is -0.800. The van der Waals surface area contributed by atoms with Crippen molar-refractivity contribution in [3.63, 3.8) is 0 Å². The summed E-state index contributed by atoms with van der Waals surface area (Å²) in [4.78, 5) is 0. The van der Waals surface area contributed by atoms with Crippen LogP contribution in [0.1, 0.15) is 18.4 Å². The maximum Gasteiger partial charge on any atom is 0.211 e. The van der Waals surface area contributed by atoms with Crippen molar-refractivity contribution in [3.05, 3.63) is 5.01 Å². The number of sulfone groups is 1. The van der Waals surface area contributed by atoms with Gasteiger partial charge in [0.25, 0.3) is 0 Å². The van der Waals surface area contributed by atoms with Gasteiger partial charge < -0.3 is 10.6 Å². The molecule has 0 amide bonds. The molecular formula is C9H14N4O2S3. The maximum absolute atomic E-state index is 11.5. The first-order valence-corrected chi connectivity index (χ1v) is 8.42. The Kier molecular flexibility index (Phi) is 3.56. The molecule has 6 nitrogen and oxygen atoms in total. The molecular weight excluding hydrogens is 292 g/mol. The number of rotatable bonds is 2. The van der Waals surface area contributed by atoms with Gasteiger partial charge in [0.2, 0.25) is 5.13 Å². The summed E-state index contributed by atoms with van der Waals surface area (Å²) in [5, 5.41) is 15.5. The number of aromatic nitrogens is 2. The fourth-order valence-electron chi connectivity index (χ4n) is 1.86. The van der Waals surface area contributed by atoms with Crippen LogP contribution in [0, 0.1) is 6.92 Å². The van der Waals surface area contributed by atoms with Crippen molar-refractivity contribution in [3.8, 4) is 0 Å². The van der Waals surface area contributed by atoms with Crippen LogP contribution in [0.15, 0.2) is 0 Å². The molecule has 100 valence electrons. The van der Waals surface area contributed by atoms with Gasteiger partial charge in [0, 0.05) is 0 Å². The van der Waals surface area contributed by atoms with Gasteiger partial charge in [-0.2, -0.15) is 0 Å². The van der Waals surface area contributed by atoms with Crippen molar-refractivity contribution >= 4 is 43.6 Å². The minimum absolute atomic E-state index is 0.108. The summed E-state index contributed by atoms with van der Waals surface area (Å²) in [6.07, 6.45) is 0.562. The van der Waals surface area contributed by atoms with Crippen LogP contribution in [0.5, 0.6) is 0 Å². The van der Waals surface area contributed by atoms with Crippen LogP contribution in [-0.4, -0.2) is 40.8 Å². The molecule has 1 aliphatic heterocycles. The number of nitrogens with zero attached hydrogens (tertiary/aromatic N) is 2.